The molecule has 0 saturated carbocycles. The van der Waals surface area contributed by atoms with Crippen molar-refractivity contribution in [1.29, 1.82) is 0 Å². The minimum atomic E-state index is 0.375. The van der Waals surface area contributed by atoms with E-state index in [4.69, 9.17) is 0 Å². The zero-order chi connectivity index (χ0) is 24.4. The van der Waals surface area contributed by atoms with Crippen LogP contribution in [0.25, 0.3) is 0 Å². The quantitative estimate of drug-likeness (QED) is 0.145. The Kier molecular flexibility index (Phi) is 54.3. The molecule has 0 aromatic carbocycles. The van der Waals surface area contributed by atoms with Crippen LogP contribution in [0, 0.1) is 0 Å². The minimum absolute atomic E-state index is 0.375. The van der Waals surface area contributed by atoms with Gasteiger partial charge in [0.15, 0.2) is 0 Å². The molecule has 0 heterocycles. The normalized spacial score (nSPS) is 7.59. The van der Waals surface area contributed by atoms with Crippen molar-refractivity contribution in [3.8, 4) is 0 Å². The summed E-state index contributed by atoms with van der Waals surface area (Å²) in [6.07, 6.45) is 3.83. The molecule has 0 unspecified atom stereocenters. The van der Waals surface area contributed by atoms with Gasteiger partial charge in [-0.1, -0.05) is 21.2 Å². The fraction of sp³-hybridized carbons (Fsp3) is 0.167. The van der Waals surface area contributed by atoms with Gasteiger partial charge in [0, 0.05) is 0 Å². The summed E-state index contributed by atoms with van der Waals surface area (Å²) in [4.78, 5) is 0. The molecule has 0 spiro atoms. The summed E-state index contributed by atoms with van der Waals surface area (Å²) < 4.78 is 4.60. The van der Waals surface area contributed by atoms with E-state index in [0.29, 0.717) is 21.2 Å². The van der Waals surface area contributed by atoms with Crippen molar-refractivity contribution in [3.63, 3.8) is 0 Å². The maximum absolute atomic E-state index is 4.50. The summed E-state index contributed by atoms with van der Waals surface area (Å²) in [5.41, 5.74) is 0. The van der Waals surface area contributed by atoms with E-state index in [1.54, 1.807) is 45.0 Å². The molecule has 0 amide bonds. The van der Waals surface area contributed by atoms with Crippen LogP contribution in [-0.2, 0) is 75.8 Å². The molecule has 0 aliphatic carbocycles. The fourth-order valence-corrected chi connectivity index (χ4v) is 5.51. The Balaban J connectivity index is -0.0000000847. The predicted octanol–water partition coefficient (Wildman–Crippen LogP) is 5.67. The van der Waals surface area contributed by atoms with Crippen LogP contribution in [0.2, 0.25) is 8.87 Å². The van der Waals surface area contributed by atoms with Gasteiger partial charge in [-0.25, -0.2) is 0 Å². The van der Waals surface area contributed by atoms with E-state index < -0.39 is 0 Å². The number of thioether (sulfide) groups is 3. The molecule has 0 aromatic heterocycles. The van der Waals surface area contributed by atoms with Gasteiger partial charge in [0.1, 0.15) is 0 Å². The maximum Gasteiger partial charge on any atom is -0.0905 e. The van der Waals surface area contributed by atoms with Crippen molar-refractivity contribution in [2.45, 2.75) is 8.87 Å². The van der Waals surface area contributed by atoms with E-state index in [0.717, 1.165) is 35.3 Å². The average molecular weight is 873 g/mol. The second-order valence-electron chi connectivity index (χ2n) is 2.79. The van der Waals surface area contributed by atoms with E-state index in [2.05, 4.69) is 162 Å². The summed E-state index contributed by atoms with van der Waals surface area (Å²) >= 11 is 60.4. The third kappa shape index (κ3) is 88.9. The van der Waals surface area contributed by atoms with Crippen LogP contribution in [0.5, 0.6) is 0 Å². The van der Waals surface area contributed by atoms with Crippen molar-refractivity contribution >= 4 is 251 Å². The van der Waals surface area contributed by atoms with E-state index in [1.807, 2.05) is 12.2 Å². The van der Waals surface area contributed by atoms with E-state index >= 15 is 0 Å². The molecular formula is C12H10S15Sn2. The molecule has 29 heavy (non-hydrogen) atoms. The van der Waals surface area contributed by atoms with Gasteiger partial charge in [-0.2, -0.15) is 0 Å². The number of hydrogen-bond acceptors (Lipinski definition) is 15. The van der Waals surface area contributed by atoms with Gasteiger partial charge >= 0.3 is 79.2 Å². The molecule has 0 aliphatic heterocycles. The first-order valence-electron chi connectivity index (χ1n) is 6.01. The van der Waals surface area contributed by atoms with Crippen LogP contribution in [0.15, 0.2) is 25.3 Å². The van der Waals surface area contributed by atoms with Crippen LogP contribution in [-0.4, -0.2) is 66.2 Å². The number of hydrogen-bond donors (Lipinski definition) is 0. The molecule has 0 nitrogen and oxygen atoms in total. The van der Waals surface area contributed by atoms with Crippen LogP contribution in [0.3, 0.4) is 0 Å². The largest absolute Gasteiger partial charge is 0.422 e. The van der Waals surface area contributed by atoms with Gasteiger partial charge in [-0.05, 0) is 0 Å². The van der Waals surface area contributed by atoms with E-state index in [-0.39, 0.29) is 0 Å². The molecule has 17 heteroatoms. The molecule has 0 atom stereocenters. The minimum Gasteiger partial charge on any atom is -0.422 e. The number of thiocarbonyl (C=S) groups is 6. The predicted molar refractivity (Wildman–Crippen MR) is 184 cm³/mol. The molecule has 0 bridgehead atoms. The Hall–Kier alpha value is 3.99. The van der Waals surface area contributed by atoms with Crippen LogP contribution >= 0.6 is 109 Å². The Bertz CT molecular complexity index is 426. The third-order valence-electron chi connectivity index (χ3n) is 0.789. The fourth-order valence-electron chi connectivity index (χ4n) is 0.204. The number of allylic oxidation sites excluding steroid dienone is 2. The first kappa shape index (κ1) is 43.1. The average Bonchev–Trinajstić information content (AvgIpc) is 2.52. The summed E-state index contributed by atoms with van der Waals surface area (Å²) in [7, 11) is 0. The zero-order valence-corrected chi connectivity index (χ0v) is 32.1. The second-order valence-corrected chi connectivity index (χ2v) is 17.7. The Morgan fingerprint density at radius 2 is 0.655 bits per heavy atom. The molecule has 0 aromatic rings. The summed E-state index contributed by atoms with van der Waals surface area (Å²) in [6, 6.07) is 0. The van der Waals surface area contributed by atoms with Crippen molar-refractivity contribution in [2.24, 2.45) is 0 Å². The van der Waals surface area contributed by atoms with Crippen LogP contribution < -0.4 is 0 Å². The molecule has 0 aliphatic rings. The van der Waals surface area contributed by atoms with E-state index in [1.165, 1.54) is 8.87 Å². The summed E-state index contributed by atoms with van der Waals surface area (Å²) in [6.45, 7) is 7.00. The smallest absolute Gasteiger partial charge is 0.0905 e. The molecule has 156 valence electrons. The van der Waals surface area contributed by atoms with Gasteiger partial charge in [0.25, 0.3) is 0 Å². The van der Waals surface area contributed by atoms with Gasteiger partial charge in [0.05, 0.1) is 0 Å². The van der Waals surface area contributed by atoms with Crippen LogP contribution in [0.4, 0.5) is 0 Å². The van der Waals surface area contributed by atoms with Crippen LogP contribution in [0.1, 0.15) is 0 Å². The van der Waals surface area contributed by atoms with Gasteiger partial charge < -0.3 is 149 Å². The topological polar surface area (TPSA) is 0 Å². The van der Waals surface area contributed by atoms with Gasteiger partial charge in [-0.3, -0.25) is 0 Å². The summed E-state index contributed by atoms with van der Waals surface area (Å²) in [5, 5.41) is 0. The third-order valence-corrected chi connectivity index (χ3v) is 6.44. The Morgan fingerprint density at radius 3 is 0.655 bits per heavy atom. The van der Waals surface area contributed by atoms with Gasteiger partial charge in [-0.15, -0.1) is 35.3 Å². The van der Waals surface area contributed by atoms with E-state index in [9.17, 15) is 0 Å². The van der Waals surface area contributed by atoms with Gasteiger partial charge in [0.2, 0.25) is 0 Å². The Morgan fingerprint density at radius 1 is 0.552 bits per heavy atom. The molecular weight excluding hydrogens is 863 g/mol. The van der Waals surface area contributed by atoms with Crippen molar-refractivity contribution in [1.82, 2.24) is 0 Å². The first-order chi connectivity index (χ1) is 13.2. The SMILES string of the molecule is C=C[CH2][Sn+3].C=C[CH2][Sn+3].S=C([S-])SC(=S)[S-].S=C([S-])SC(=S)[S-].S=C([S-])SC(=S)[S-]. The van der Waals surface area contributed by atoms with Crippen molar-refractivity contribution in [2.75, 3.05) is 0 Å². The zero-order valence-electron chi connectivity index (χ0n) is 14.1. The van der Waals surface area contributed by atoms with Crippen molar-refractivity contribution in [3.05, 3.63) is 25.3 Å². The summed E-state index contributed by atoms with van der Waals surface area (Å²) in [5.74, 6) is 0. The molecule has 0 radical (unpaired) electrons. The molecule has 0 N–H and O–H groups in total. The molecule has 0 fully saturated rings. The standard InChI is InChI=1S/2C3H5.3C2H2S5.2Sn/c2*1-3-2;3*3-1(4)7-2(5)6;;/h2*3H,1-2H2;3*(H,3,4)(H,5,6);;/q;;;;;2*+3/p-6. The first-order valence-corrected chi connectivity index (χ1v) is 17.4. The monoisotopic (exact) mass is 873 g/mol. The molecule has 0 rings (SSSR count). The maximum atomic E-state index is 4.50. The molecule has 0 saturated heterocycles. The number of rotatable bonds is 2. The Labute approximate surface area is 279 Å². The van der Waals surface area contributed by atoms with Crippen molar-refractivity contribution < 1.29 is 0 Å². The second kappa shape index (κ2) is 36.6.